The molecule has 5 nitrogen and oxygen atoms in total. The van der Waals surface area contributed by atoms with Gasteiger partial charge in [0.25, 0.3) is 0 Å². The fourth-order valence-electron chi connectivity index (χ4n) is 3.10. The molecule has 27 heavy (non-hydrogen) atoms. The Hall–Kier alpha value is -2.95. The van der Waals surface area contributed by atoms with Gasteiger partial charge in [-0.2, -0.15) is 0 Å². The van der Waals surface area contributed by atoms with Gasteiger partial charge in [0.15, 0.2) is 5.78 Å². The number of aromatic hydroxyl groups is 1. The lowest BCUT2D eigenvalue weighted by Crippen LogP contribution is -2.32. The summed E-state index contributed by atoms with van der Waals surface area (Å²) in [6.45, 7) is 4.02. The Bertz CT molecular complexity index is 896. The first-order chi connectivity index (χ1) is 12.8. The van der Waals surface area contributed by atoms with Gasteiger partial charge in [0.2, 0.25) is 0 Å². The van der Waals surface area contributed by atoms with Gasteiger partial charge in [0, 0.05) is 17.7 Å². The molecule has 0 radical (unpaired) electrons. The van der Waals surface area contributed by atoms with E-state index < -0.39 is 0 Å². The third kappa shape index (κ3) is 4.08. The minimum atomic E-state index is -0.280. The molecule has 0 atom stereocenters. The zero-order valence-electron chi connectivity index (χ0n) is 16.0. The molecule has 0 saturated carbocycles. The number of phenolic OH excluding ortho intramolecular Hbond substituents is 1. The first kappa shape index (κ1) is 18.8. The van der Waals surface area contributed by atoms with Crippen molar-refractivity contribution in [3.05, 3.63) is 53.1 Å². The van der Waals surface area contributed by atoms with E-state index in [9.17, 15) is 9.90 Å². The third-order valence-corrected chi connectivity index (χ3v) is 4.68. The average Bonchev–Trinajstić information content (AvgIpc) is 2.64. The summed E-state index contributed by atoms with van der Waals surface area (Å²) in [6, 6.07) is 8.61. The van der Waals surface area contributed by atoms with Gasteiger partial charge >= 0.3 is 0 Å². The number of phenols is 1. The second kappa shape index (κ2) is 7.35. The molecule has 0 bridgehead atoms. The van der Waals surface area contributed by atoms with E-state index in [1.165, 1.54) is 12.1 Å². The molecule has 0 amide bonds. The van der Waals surface area contributed by atoms with Gasteiger partial charge in [0.05, 0.1) is 19.8 Å². The highest BCUT2D eigenvalue weighted by Crippen LogP contribution is 2.37. The van der Waals surface area contributed by atoms with Gasteiger partial charge in [-0.25, -0.2) is 0 Å². The van der Waals surface area contributed by atoms with Crippen molar-refractivity contribution in [3.63, 3.8) is 0 Å². The number of fused-ring (bicyclic) bond motifs is 1. The smallest absolute Gasteiger partial charge is 0.189 e. The largest absolute Gasteiger partial charge is 0.507 e. The first-order valence-electron chi connectivity index (χ1n) is 8.82. The van der Waals surface area contributed by atoms with Crippen molar-refractivity contribution in [2.75, 3.05) is 14.2 Å². The second-order valence-corrected chi connectivity index (χ2v) is 7.14. The molecule has 1 N–H and O–H groups in total. The number of rotatable bonds is 5. The summed E-state index contributed by atoms with van der Waals surface area (Å²) in [5, 5.41) is 10.3. The number of benzene rings is 2. The molecule has 2 aromatic rings. The van der Waals surface area contributed by atoms with Crippen LogP contribution in [0.3, 0.4) is 0 Å². The monoisotopic (exact) mass is 368 g/mol. The van der Waals surface area contributed by atoms with Crippen molar-refractivity contribution < 1.29 is 24.1 Å². The topological polar surface area (TPSA) is 65.0 Å². The van der Waals surface area contributed by atoms with E-state index in [0.717, 1.165) is 24.0 Å². The summed E-state index contributed by atoms with van der Waals surface area (Å²) < 4.78 is 16.4. The number of aryl methyl sites for hydroxylation is 1. The van der Waals surface area contributed by atoms with Crippen molar-refractivity contribution in [1.82, 2.24) is 0 Å². The van der Waals surface area contributed by atoms with Crippen molar-refractivity contribution in [2.45, 2.75) is 32.3 Å². The summed E-state index contributed by atoms with van der Waals surface area (Å²) in [4.78, 5) is 12.6. The molecule has 142 valence electrons. The molecule has 3 rings (SSSR count). The highest BCUT2D eigenvalue weighted by Gasteiger charge is 2.28. The predicted molar refractivity (Wildman–Crippen MR) is 104 cm³/mol. The normalized spacial score (nSPS) is 15.1. The number of carbonyl (C=O) groups excluding carboxylic acids is 1. The summed E-state index contributed by atoms with van der Waals surface area (Å²) in [5.74, 6) is 1.55. The minimum absolute atomic E-state index is 0.0807. The van der Waals surface area contributed by atoms with Crippen LogP contribution in [0, 0.1) is 0 Å². The zero-order chi connectivity index (χ0) is 19.6. The number of ether oxygens (including phenoxy) is 3. The van der Waals surface area contributed by atoms with Crippen molar-refractivity contribution in [2.24, 2.45) is 0 Å². The van der Waals surface area contributed by atoms with E-state index in [1.54, 1.807) is 38.5 Å². The number of methoxy groups -OCH3 is 2. The quantitative estimate of drug-likeness (QED) is 0.626. The summed E-state index contributed by atoms with van der Waals surface area (Å²) >= 11 is 0. The van der Waals surface area contributed by atoms with Crippen LogP contribution in [-0.4, -0.2) is 30.7 Å². The Kier molecular flexibility index (Phi) is 5.13. The van der Waals surface area contributed by atoms with Gasteiger partial charge in [0.1, 0.15) is 28.6 Å². The maximum absolute atomic E-state index is 12.6. The molecule has 0 saturated heterocycles. The van der Waals surface area contributed by atoms with Crippen LogP contribution in [0.4, 0.5) is 0 Å². The van der Waals surface area contributed by atoms with Gasteiger partial charge in [-0.05, 0) is 62.6 Å². The molecular formula is C22H24O5. The second-order valence-electron chi connectivity index (χ2n) is 7.14. The standard InChI is InChI=1S/C22H24O5/c1-22(2)10-9-15-11-17(19(24)13-21(15)27-22)18(23)8-6-14-5-7-16(25-3)12-20(14)26-4/h5-8,11-13,24H,9-10H2,1-4H3/b8-6+. The fourth-order valence-corrected chi connectivity index (χ4v) is 3.10. The van der Waals surface area contributed by atoms with E-state index in [2.05, 4.69) is 0 Å². The van der Waals surface area contributed by atoms with E-state index in [1.807, 2.05) is 19.9 Å². The third-order valence-electron chi connectivity index (χ3n) is 4.68. The molecule has 5 heteroatoms. The van der Waals surface area contributed by atoms with Gasteiger partial charge in [-0.3, -0.25) is 4.79 Å². The van der Waals surface area contributed by atoms with Crippen LogP contribution < -0.4 is 14.2 Å². The van der Waals surface area contributed by atoms with Crippen LogP contribution in [-0.2, 0) is 6.42 Å². The Morgan fingerprint density at radius 2 is 1.96 bits per heavy atom. The molecular weight excluding hydrogens is 344 g/mol. The highest BCUT2D eigenvalue weighted by molar-refractivity contribution is 6.09. The van der Waals surface area contributed by atoms with Crippen molar-refractivity contribution >= 4 is 11.9 Å². The Labute approximate surface area is 159 Å². The molecule has 1 aliphatic heterocycles. The summed E-state index contributed by atoms with van der Waals surface area (Å²) in [6.07, 6.45) is 4.76. The zero-order valence-corrected chi connectivity index (χ0v) is 16.0. The molecule has 0 spiro atoms. The summed E-state index contributed by atoms with van der Waals surface area (Å²) in [5.41, 5.74) is 1.68. The SMILES string of the molecule is COc1ccc(/C=C/C(=O)c2cc3c(cc2O)OC(C)(C)CC3)c(OC)c1. The van der Waals surface area contributed by atoms with E-state index >= 15 is 0 Å². The average molecular weight is 368 g/mol. The Morgan fingerprint density at radius 1 is 1.19 bits per heavy atom. The van der Waals surface area contributed by atoms with E-state index in [4.69, 9.17) is 14.2 Å². The molecule has 1 heterocycles. The van der Waals surface area contributed by atoms with E-state index in [-0.39, 0.29) is 22.7 Å². The number of allylic oxidation sites excluding steroid dienone is 1. The van der Waals surface area contributed by atoms with Crippen molar-refractivity contribution in [1.29, 1.82) is 0 Å². The van der Waals surface area contributed by atoms with Gasteiger partial charge < -0.3 is 19.3 Å². The maximum Gasteiger partial charge on any atom is 0.189 e. The lowest BCUT2D eigenvalue weighted by molar-refractivity contribution is 0.0842. The van der Waals surface area contributed by atoms with Gasteiger partial charge in [-0.1, -0.05) is 0 Å². The predicted octanol–water partition coefficient (Wildman–Crippen LogP) is 4.41. The minimum Gasteiger partial charge on any atom is -0.507 e. The molecule has 1 aliphatic rings. The number of carbonyl (C=O) groups is 1. The number of hydrogen-bond acceptors (Lipinski definition) is 5. The van der Waals surface area contributed by atoms with Crippen LogP contribution in [0.1, 0.15) is 41.8 Å². The number of hydrogen-bond donors (Lipinski definition) is 1. The van der Waals surface area contributed by atoms with E-state index in [0.29, 0.717) is 17.2 Å². The van der Waals surface area contributed by atoms with Crippen LogP contribution in [0.15, 0.2) is 36.4 Å². The molecule has 0 aliphatic carbocycles. The molecule has 0 aromatic heterocycles. The lowest BCUT2D eigenvalue weighted by Gasteiger charge is -2.32. The van der Waals surface area contributed by atoms with Crippen molar-refractivity contribution in [3.8, 4) is 23.0 Å². The molecule has 2 aromatic carbocycles. The highest BCUT2D eigenvalue weighted by atomic mass is 16.5. The lowest BCUT2D eigenvalue weighted by atomic mass is 9.92. The Balaban J connectivity index is 1.86. The van der Waals surface area contributed by atoms with Gasteiger partial charge in [-0.15, -0.1) is 0 Å². The Morgan fingerprint density at radius 3 is 2.67 bits per heavy atom. The van der Waals surface area contributed by atoms with Crippen LogP contribution in [0.5, 0.6) is 23.0 Å². The molecule has 0 fully saturated rings. The van der Waals surface area contributed by atoms with Crippen LogP contribution in [0.25, 0.3) is 6.08 Å². The van der Waals surface area contributed by atoms with Crippen LogP contribution >= 0.6 is 0 Å². The summed E-state index contributed by atoms with van der Waals surface area (Å²) in [7, 11) is 3.14. The fraction of sp³-hybridized carbons (Fsp3) is 0.318. The van der Waals surface area contributed by atoms with Crippen LogP contribution in [0.2, 0.25) is 0 Å². The number of ketones is 1. The maximum atomic E-state index is 12.6. The first-order valence-corrected chi connectivity index (χ1v) is 8.82. The molecule has 0 unspecified atom stereocenters.